The lowest BCUT2D eigenvalue weighted by Crippen LogP contribution is -2.51. The molecule has 1 saturated heterocycles. The summed E-state index contributed by atoms with van der Waals surface area (Å²) in [7, 11) is 0. The van der Waals surface area contributed by atoms with Gasteiger partial charge in [0.05, 0.1) is 0 Å². The Hall–Kier alpha value is -0.520. The molecule has 1 fully saturated rings. The number of thioether (sulfide) groups is 1. The van der Waals surface area contributed by atoms with Crippen molar-refractivity contribution in [3.63, 3.8) is 0 Å². The van der Waals surface area contributed by atoms with Gasteiger partial charge in [-0.15, -0.1) is 11.3 Å². The first kappa shape index (κ1) is 11.0. The maximum atomic E-state index is 11.2. The van der Waals surface area contributed by atoms with E-state index in [1.807, 2.05) is 17.5 Å². The van der Waals surface area contributed by atoms with Gasteiger partial charge >= 0.3 is 5.97 Å². The van der Waals surface area contributed by atoms with Crippen LogP contribution in [0, 0.1) is 0 Å². The van der Waals surface area contributed by atoms with E-state index in [1.165, 1.54) is 4.88 Å². The molecule has 0 radical (unpaired) electrons. The zero-order valence-corrected chi connectivity index (χ0v) is 9.87. The summed E-state index contributed by atoms with van der Waals surface area (Å²) >= 11 is 3.36. The Morgan fingerprint density at radius 2 is 2.53 bits per heavy atom. The molecule has 1 aromatic heterocycles. The fraction of sp³-hybridized carbons (Fsp3) is 0.500. The monoisotopic (exact) mass is 243 g/mol. The Labute approximate surface area is 96.9 Å². The zero-order valence-electron chi connectivity index (χ0n) is 8.23. The van der Waals surface area contributed by atoms with Gasteiger partial charge in [-0.25, -0.2) is 0 Å². The highest BCUT2D eigenvalue weighted by atomic mass is 32.2. The van der Waals surface area contributed by atoms with Gasteiger partial charge < -0.3 is 5.11 Å². The number of hydrogen-bond acceptors (Lipinski definition) is 4. The number of hydrogen-bond donors (Lipinski definition) is 2. The third kappa shape index (κ3) is 2.35. The molecule has 0 saturated carbocycles. The molecule has 0 aromatic carbocycles. The van der Waals surface area contributed by atoms with E-state index in [4.69, 9.17) is 0 Å². The van der Waals surface area contributed by atoms with E-state index in [-0.39, 0.29) is 0 Å². The van der Waals surface area contributed by atoms with Gasteiger partial charge in [0.2, 0.25) is 0 Å². The highest BCUT2D eigenvalue weighted by molar-refractivity contribution is 7.99. The fourth-order valence-corrected chi connectivity index (χ4v) is 3.62. The summed E-state index contributed by atoms with van der Waals surface area (Å²) in [6.07, 6.45) is 0.721. The molecular formula is C10H13NO2S2. The topological polar surface area (TPSA) is 49.3 Å². The van der Waals surface area contributed by atoms with Crippen LogP contribution in [0.5, 0.6) is 0 Å². The van der Waals surface area contributed by atoms with E-state index in [2.05, 4.69) is 5.32 Å². The molecule has 0 spiro atoms. The van der Waals surface area contributed by atoms with Crippen LogP contribution in [-0.2, 0) is 11.3 Å². The van der Waals surface area contributed by atoms with Crippen molar-refractivity contribution in [2.24, 2.45) is 0 Å². The summed E-state index contributed by atoms with van der Waals surface area (Å²) in [5.41, 5.74) is -0.700. The number of carboxylic acid groups (broad SMARTS) is 1. The molecular weight excluding hydrogens is 230 g/mol. The summed E-state index contributed by atoms with van der Waals surface area (Å²) in [5.74, 6) is 0.890. The highest BCUT2D eigenvalue weighted by Crippen LogP contribution is 2.28. The van der Waals surface area contributed by atoms with Crippen LogP contribution in [0.15, 0.2) is 17.5 Å². The van der Waals surface area contributed by atoms with E-state index in [9.17, 15) is 9.90 Å². The Morgan fingerprint density at radius 3 is 3.07 bits per heavy atom. The summed E-state index contributed by atoms with van der Waals surface area (Å²) in [6.45, 7) is 0.657. The Morgan fingerprint density at radius 1 is 1.67 bits per heavy atom. The van der Waals surface area contributed by atoms with Crippen molar-refractivity contribution >= 4 is 29.1 Å². The van der Waals surface area contributed by atoms with Crippen molar-refractivity contribution in [3.05, 3.63) is 22.4 Å². The molecule has 2 heterocycles. The van der Waals surface area contributed by atoms with Crippen molar-refractivity contribution in [3.8, 4) is 0 Å². The molecule has 0 amide bonds. The minimum atomic E-state index is -0.718. The molecule has 0 aliphatic carbocycles. The van der Waals surface area contributed by atoms with Crippen molar-refractivity contribution < 1.29 is 9.90 Å². The van der Waals surface area contributed by atoms with Gasteiger partial charge in [0.25, 0.3) is 0 Å². The highest BCUT2D eigenvalue weighted by Gasteiger charge is 2.41. The number of carboxylic acids is 1. The second kappa shape index (κ2) is 4.55. The molecule has 1 atom stereocenters. The van der Waals surface area contributed by atoms with Crippen molar-refractivity contribution in [2.75, 3.05) is 11.5 Å². The average Bonchev–Trinajstić information content (AvgIpc) is 2.87. The van der Waals surface area contributed by atoms with E-state index in [0.717, 1.165) is 12.2 Å². The van der Waals surface area contributed by atoms with E-state index in [1.54, 1.807) is 23.1 Å². The quantitative estimate of drug-likeness (QED) is 0.846. The van der Waals surface area contributed by atoms with E-state index < -0.39 is 11.5 Å². The largest absolute Gasteiger partial charge is 0.480 e. The van der Waals surface area contributed by atoms with Crippen LogP contribution < -0.4 is 5.32 Å². The smallest absolute Gasteiger partial charge is 0.324 e. The second-order valence-electron chi connectivity index (χ2n) is 3.62. The molecule has 2 N–H and O–H groups in total. The van der Waals surface area contributed by atoms with Gasteiger partial charge in [-0.1, -0.05) is 6.07 Å². The maximum absolute atomic E-state index is 11.2. The third-order valence-electron chi connectivity index (χ3n) is 2.61. The number of aliphatic carboxylic acids is 1. The Kier molecular flexibility index (Phi) is 3.33. The standard InChI is InChI=1S/C10H13NO2S2/c12-9(13)10(3-5-14-7-10)11-6-8-2-1-4-15-8/h1-2,4,11H,3,5-7H2,(H,12,13). The number of carbonyl (C=O) groups is 1. The summed E-state index contributed by atoms with van der Waals surface area (Å²) in [4.78, 5) is 12.4. The number of nitrogens with one attached hydrogen (secondary N) is 1. The fourth-order valence-electron chi connectivity index (χ4n) is 1.62. The first-order chi connectivity index (χ1) is 7.23. The molecule has 0 bridgehead atoms. The van der Waals surface area contributed by atoms with Gasteiger partial charge in [-0.3, -0.25) is 10.1 Å². The molecule has 1 aliphatic rings. The van der Waals surface area contributed by atoms with Crippen LogP contribution in [0.1, 0.15) is 11.3 Å². The molecule has 82 valence electrons. The van der Waals surface area contributed by atoms with Gasteiger partial charge in [0.15, 0.2) is 0 Å². The van der Waals surface area contributed by atoms with Crippen molar-refractivity contribution in [1.29, 1.82) is 0 Å². The molecule has 5 heteroatoms. The first-order valence-corrected chi connectivity index (χ1v) is 6.85. The molecule has 3 nitrogen and oxygen atoms in total. The predicted molar refractivity (Wildman–Crippen MR) is 63.5 cm³/mol. The Bertz CT molecular complexity index is 331. The minimum absolute atomic E-state index is 0.657. The second-order valence-corrected chi connectivity index (χ2v) is 5.76. The summed E-state index contributed by atoms with van der Waals surface area (Å²) < 4.78 is 0. The van der Waals surface area contributed by atoms with Gasteiger partial charge in [0.1, 0.15) is 5.54 Å². The molecule has 1 unspecified atom stereocenters. The summed E-state index contributed by atoms with van der Waals surface area (Å²) in [6, 6.07) is 4.01. The first-order valence-electron chi connectivity index (χ1n) is 4.81. The minimum Gasteiger partial charge on any atom is -0.480 e. The molecule has 15 heavy (non-hydrogen) atoms. The third-order valence-corrected chi connectivity index (χ3v) is 4.68. The van der Waals surface area contributed by atoms with Crippen LogP contribution >= 0.6 is 23.1 Å². The molecule has 1 aromatic rings. The summed E-state index contributed by atoms with van der Waals surface area (Å²) in [5, 5.41) is 14.4. The lowest BCUT2D eigenvalue weighted by molar-refractivity contribution is -0.143. The van der Waals surface area contributed by atoms with Gasteiger partial charge in [-0.2, -0.15) is 11.8 Å². The van der Waals surface area contributed by atoms with Gasteiger partial charge in [0, 0.05) is 17.2 Å². The van der Waals surface area contributed by atoms with E-state index >= 15 is 0 Å². The Balaban J connectivity index is 1.99. The average molecular weight is 243 g/mol. The SMILES string of the molecule is O=C(O)C1(NCc2cccs2)CCSC1. The van der Waals surface area contributed by atoms with Crippen LogP contribution in [-0.4, -0.2) is 28.1 Å². The van der Waals surface area contributed by atoms with Crippen LogP contribution in [0.2, 0.25) is 0 Å². The van der Waals surface area contributed by atoms with Gasteiger partial charge in [-0.05, 0) is 23.6 Å². The van der Waals surface area contributed by atoms with Crippen LogP contribution in [0.25, 0.3) is 0 Å². The van der Waals surface area contributed by atoms with Crippen LogP contribution in [0.3, 0.4) is 0 Å². The zero-order chi connectivity index (χ0) is 10.7. The molecule has 2 rings (SSSR count). The van der Waals surface area contributed by atoms with Crippen LogP contribution in [0.4, 0.5) is 0 Å². The maximum Gasteiger partial charge on any atom is 0.324 e. The normalized spacial score (nSPS) is 25.6. The lowest BCUT2D eigenvalue weighted by atomic mass is 9.99. The van der Waals surface area contributed by atoms with Crippen molar-refractivity contribution in [1.82, 2.24) is 5.32 Å². The number of rotatable bonds is 4. The van der Waals surface area contributed by atoms with E-state index in [0.29, 0.717) is 12.3 Å². The molecule has 1 aliphatic heterocycles. The van der Waals surface area contributed by atoms with Crippen molar-refractivity contribution in [2.45, 2.75) is 18.5 Å². The number of thiophene rings is 1. The lowest BCUT2D eigenvalue weighted by Gasteiger charge is -2.24. The predicted octanol–water partition coefficient (Wildman–Crippen LogP) is 1.80.